The van der Waals surface area contributed by atoms with Crippen LogP contribution in [0.1, 0.15) is 328 Å². The van der Waals surface area contributed by atoms with Gasteiger partial charge in [-0.05, 0) is 19.3 Å². The molecule has 0 rings (SSSR count). The van der Waals surface area contributed by atoms with Gasteiger partial charge in [0.15, 0.2) is 0 Å². The zero-order valence-corrected chi connectivity index (χ0v) is 49.4. The van der Waals surface area contributed by atoms with Crippen LogP contribution < -0.4 is 5.32 Å². The van der Waals surface area contributed by atoms with Crippen molar-refractivity contribution < 1.29 is 32.9 Å². The highest BCUT2D eigenvalue weighted by atomic mass is 31.2. The number of allylic oxidation sites excluding steroid dienone is 1. The standard InChI is InChI=1S/C62H125N2O6P/c1-6-8-10-12-14-16-18-19-20-21-22-23-24-25-26-27-28-29-30-31-32-33-34-35-36-37-38-39-40-41-42-43-44-45-46-48-50-52-54-56-62(66)63-60(59-70-71(67,68)69-58-57-64(3,4)5)61(65)55-53-51-49-47-17-15-13-11-9-7-2/h53,55,60-61,65H,6-52,54,56-59H2,1-5H3,(H-,63,66,67,68)/p+1/b55-53+. The lowest BCUT2D eigenvalue weighted by Gasteiger charge is -2.25. The fourth-order valence-corrected chi connectivity index (χ4v) is 10.5. The first-order chi connectivity index (χ1) is 34.5. The Morgan fingerprint density at radius 2 is 0.746 bits per heavy atom. The number of phosphoric acid groups is 1. The third-order valence-electron chi connectivity index (χ3n) is 14.8. The maximum atomic E-state index is 12.9. The SMILES string of the molecule is CCCCCCCCCC/C=C/C(O)C(COP(=O)(O)OCC[N+](C)(C)C)NC(=O)CCCCCCCCCCCCCCCCCCCCCCCCCCCCCCCCCCCCCCCCC. The van der Waals surface area contributed by atoms with Crippen LogP contribution in [0, 0.1) is 0 Å². The molecule has 0 aliphatic rings. The average Bonchev–Trinajstić information content (AvgIpc) is 3.33. The Bertz CT molecular complexity index is 1160. The van der Waals surface area contributed by atoms with E-state index in [2.05, 4.69) is 19.2 Å². The minimum Gasteiger partial charge on any atom is -0.387 e. The molecule has 0 aromatic rings. The molecule has 0 radical (unpaired) electrons. The summed E-state index contributed by atoms with van der Waals surface area (Å²) in [6, 6.07) is -0.840. The Morgan fingerprint density at radius 1 is 0.465 bits per heavy atom. The number of quaternary nitrogens is 1. The van der Waals surface area contributed by atoms with Crippen molar-refractivity contribution in [3.8, 4) is 0 Å². The van der Waals surface area contributed by atoms with E-state index >= 15 is 0 Å². The molecule has 1 amide bonds. The van der Waals surface area contributed by atoms with Gasteiger partial charge in [0.1, 0.15) is 13.2 Å². The normalized spacial score (nSPS) is 13.8. The summed E-state index contributed by atoms with van der Waals surface area (Å²) in [6.07, 6.45) is 68.1. The molecule has 0 aromatic carbocycles. The van der Waals surface area contributed by atoms with Crippen molar-refractivity contribution in [2.24, 2.45) is 0 Å². The Balaban J connectivity index is 3.76. The Kier molecular flexibility index (Phi) is 53.5. The number of unbranched alkanes of at least 4 members (excludes halogenated alkanes) is 46. The Hall–Kier alpha value is -0.760. The summed E-state index contributed by atoms with van der Waals surface area (Å²) in [5.41, 5.74) is 0. The van der Waals surface area contributed by atoms with Crippen LogP contribution in [0.25, 0.3) is 0 Å². The second-order valence-corrected chi connectivity index (χ2v) is 24.6. The molecule has 8 nitrogen and oxygen atoms in total. The number of nitrogens with zero attached hydrogens (tertiary/aromatic N) is 1. The van der Waals surface area contributed by atoms with Crippen LogP contribution in [0.3, 0.4) is 0 Å². The van der Waals surface area contributed by atoms with E-state index < -0.39 is 20.0 Å². The number of hydrogen-bond donors (Lipinski definition) is 3. The summed E-state index contributed by atoms with van der Waals surface area (Å²) in [5.74, 6) is -0.172. The maximum absolute atomic E-state index is 12.9. The predicted molar refractivity (Wildman–Crippen MR) is 309 cm³/mol. The van der Waals surface area contributed by atoms with Gasteiger partial charge in [0.2, 0.25) is 5.91 Å². The quantitative estimate of drug-likeness (QED) is 0.0243. The Labute approximate surface area is 443 Å². The fraction of sp³-hybridized carbons (Fsp3) is 0.952. The molecule has 0 heterocycles. The van der Waals surface area contributed by atoms with Crippen molar-refractivity contribution in [3.05, 3.63) is 12.2 Å². The molecule has 0 saturated carbocycles. The van der Waals surface area contributed by atoms with Crippen molar-refractivity contribution in [2.45, 2.75) is 341 Å². The molecule has 3 N–H and O–H groups in total. The lowest BCUT2D eigenvalue weighted by Crippen LogP contribution is -2.45. The number of likely N-dealkylation sites (N-methyl/N-ethyl adjacent to an activating group) is 1. The minimum absolute atomic E-state index is 0.0646. The molecule has 0 spiro atoms. The third kappa shape index (κ3) is 56.8. The molecule has 3 atom stereocenters. The lowest BCUT2D eigenvalue weighted by atomic mass is 10.0. The highest BCUT2D eigenvalue weighted by molar-refractivity contribution is 7.47. The van der Waals surface area contributed by atoms with Crippen molar-refractivity contribution in [3.63, 3.8) is 0 Å². The summed E-state index contributed by atoms with van der Waals surface area (Å²) >= 11 is 0. The highest BCUT2D eigenvalue weighted by Gasteiger charge is 2.28. The molecule has 0 bridgehead atoms. The number of amides is 1. The van der Waals surface area contributed by atoms with Gasteiger partial charge in [0, 0.05) is 6.42 Å². The third-order valence-corrected chi connectivity index (χ3v) is 15.7. The molecule has 0 aliphatic heterocycles. The van der Waals surface area contributed by atoms with Crippen molar-refractivity contribution in [1.82, 2.24) is 5.32 Å². The first-order valence-corrected chi connectivity index (χ1v) is 33.1. The molecule has 3 unspecified atom stereocenters. The van der Waals surface area contributed by atoms with Crippen LogP contribution >= 0.6 is 7.82 Å². The number of carbonyl (C=O) groups is 1. The smallest absolute Gasteiger partial charge is 0.387 e. The van der Waals surface area contributed by atoms with Gasteiger partial charge in [0.25, 0.3) is 0 Å². The molecule has 9 heteroatoms. The van der Waals surface area contributed by atoms with Crippen LogP contribution in [-0.2, 0) is 18.4 Å². The van der Waals surface area contributed by atoms with Gasteiger partial charge in [-0.3, -0.25) is 13.8 Å². The number of hydrogen-bond acceptors (Lipinski definition) is 5. The summed E-state index contributed by atoms with van der Waals surface area (Å²) in [4.78, 5) is 23.2. The second kappa shape index (κ2) is 54.0. The maximum Gasteiger partial charge on any atom is 0.472 e. The van der Waals surface area contributed by atoms with Crippen LogP contribution in [0.2, 0.25) is 0 Å². The topological polar surface area (TPSA) is 105 Å². The van der Waals surface area contributed by atoms with Gasteiger partial charge in [-0.15, -0.1) is 0 Å². The molecule has 424 valence electrons. The number of aliphatic hydroxyl groups excluding tert-OH is 1. The number of aliphatic hydroxyl groups is 1. The first kappa shape index (κ1) is 70.2. The van der Waals surface area contributed by atoms with Gasteiger partial charge < -0.3 is 19.8 Å². The number of carbonyl (C=O) groups excluding carboxylic acids is 1. The minimum atomic E-state index is -4.33. The van der Waals surface area contributed by atoms with Crippen molar-refractivity contribution in [1.29, 1.82) is 0 Å². The largest absolute Gasteiger partial charge is 0.472 e. The van der Waals surface area contributed by atoms with Gasteiger partial charge >= 0.3 is 7.82 Å². The lowest BCUT2D eigenvalue weighted by molar-refractivity contribution is -0.870. The van der Waals surface area contributed by atoms with E-state index in [1.165, 1.54) is 270 Å². The van der Waals surface area contributed by atoms with E-state index in [4.69, 9.17) is 9.05 Å². The van der Waals surface area contributed by atoms with E-state index in [1.807, 2.05) is 27.2 Å². The van der Waals surface area contributed by atoms with Crippen LogP contribution in [0.5, 0.6) is 0 Å². The number of rotatable bonds is 59. The average molecular weight is 1030 g/mol. The van der Waals surface area contributed by atoms with Gasteiger partial charge in [-0.1, -0.05) is 315 Å². The summed E-state index contributed by atoms with van der Waals surface area (Å²) in [7, 11) is 1.59. The molecule has 0 aliphatic carbocycles. The highest BCUT2D eigenvalue weighted by Crippen LogP contribution is 2.43. The van der Waals surface area contributed by atoms with E-state index in [-0.39, 0.29) is 19.1 Å². The number of nitrogens with one attached hydrogen (secondary N) is 1. The Morgan fingerprint density at radius 3 is 1.04 bits per heavy atom. The van der Waals surface area contributed by atoms with Gasteiger partial charge in [-0.2, -0.15) is 0 Å². The van der Waals surface area contributed by atoms with Crippen LogP contribution in [0.15, 0.2) is 12.2 Å². The van der Waals surface area contributed by atoms with Gasteiger partial charge in [-0.25, -0.2) is 4.57 Å². The van der Waals surface area contributed by atoms with E-state index in [1.54, 1.807) is 6.08 Å². The summed E-state index contributed by atoms with van der Waals surface area (Å²) in [6.45, 7) is 4.83. The summed E-state index contributed by atoms with van der Waals surface area (Å²) < 4.78 is 23.6. The second-order valence-electron chi connectivity index (χ2n) is 23.2. The van der Waals surface area contributed by atoms with E-state index in [0.717, 1.165) is 38.5 Å². The molecule has 0 fully saturated rings. The van der Waals surface area contributed by atoms with E-state index in [0.29, 0.717) is 17.4 Å². The first-order valence-electron chi connectivity index (χ1n) is 31.6. The monoisotopic (exact) mass is 1030 g/mol. The predicted octanol–water partition coefficient (Wildman–Crippen LogP) is 19.4. The zero-order valence-electron chi connectivity index (χ0n) is 48.5. The molecule has 0 saturated heterocycles. The molecule has 71 heavy (non-hydrogen) atoms. The zero-order chi connectivity index (χ0) is 52.0. The molecule has 0 aromatic heterocycles. The number of phosphoric ester groups is 1. The fourth-order valence-electron chi connectivity index (χ4n) is 9.81. The summed E-state index contributed by atoms with van der Waals surface area (Å²) in [5, 5.41) is 13.9. The molecular formula is C62H126N2O6P+. The van der Waals surface area contributed by atoms with E-state index in [9.17, 15) is 19.4 Å². The van der Waals surface area contributed by atoms with Crippen LogP contribution in [0.4, 0.5) is 0 Å². The van der Waals surface area contributed by atoms with Crippen LogP contribution in [-0.4, -0.2) is 73.4 Å². The van der Waals surface area contributed by atoms with Crippen molar-refractivity contribution >= 4 is 13.7 Å². The van der Waals surface area contributed by atoms with Crippen molar-refractivity contribution in [2.75, 3.05) is 40.9 Å². The van der Waals surface area contributed by atoms with Gasteiger partial charge in [0.05, 0.1) is 39.9 Å². The molecular weight excluding hydrogens is 900 g/mol.